The molecule has 0 aliphatic rings. The number of hydrogen-bond donors (Lipinski definition) is 1. The van der Waals surface area contributed by atoms with Gasteiger partial charge in [0.1, 0.15) is 0 Å². The van der Waals surface area contributed by atoms with Crippen LogP contribution in [0.25, 0.3) is 0 Å². The Morgan fingerprint density at radius 1 is 1.75 bits per heavy atom. The fourth-order valence-corrected chi connectivity index (χ4v) is 0. The van der Waals surface area contributed by atoms with E-state index in [0.29, 0.717) is 0 Å². The van der Waals surface area contributed by atoms with Gasteiger partial charge in [-0.25, -0.2) is 0 Å². The molecule has 0 aromatic rings. The molecule has 1 atom stereocenters. The van der Waals surface area contributed by atoms with Crippen molar-refractivity contribution in [2.24, 2.45) is 0 Å². The fourth-order valence-electron chi connectivity index (χ4n) is 0. The summed E-state index contributed by atoms with van der Waals surface area (Å²) in [7, 11) is 0. The molecule has 0 heterocycles. The molecule has 0 rings (SSSR count). The van der Waals surface area contributed by atoms with Gasteiger partial charge < -0.3 is 0 Å². The van der Waals surface area contributed by atoms with Gasteiger partial charge in [-0.2, -0.15) is 9.90 Å². The van der Waals surface area contributed by atoms with E-state index in [0.717, 1.165) is 0 Å². The topological polar surface area (TPSA) is 37.3 Å². The van der Waals surface area contributed by atoms with Gasteiger partial charge >= 0.3 is 23.4 Å². The van der Waals surface area contributed by atoms with Gasteiger partial charge in [0.05, 0.1) is 0 Å². The van der Waals surface area contributed by atoms with Crippen molar-refractivity contribution in [1.82, 2.24) is 0 Å². The average molecular weight is 94.0 g/mol. The van der Waals surface area contributed by atoms with Crippen LogP contribution < -0.4 is 0 Å². The summed E-state index contributed by atoms with van der Waals surface area (Å²) >= 11 is -1.50. The van der Waals surface area contributed by atoms with Gasteiger partial charge in [0.25, 0.3) is 0 Å². The normalized spacial score (nSPS) is 2.00. The summed E-state index contributed by atoms with van der Waals surface area (Å²) < 4.78 is 15.7. The SMILES string of the molecule is P.[O]=[Al][OH]. The minimum atomic E-state index is -1.50. The second-order valence-corrected chi connectivity index (χ2v) is 0.316. The Hall–Kier alpha value is 0.562. The molecule has 0 fully saturated rings. The fraction of sp³-hybridized carbons (Fsp3) is 0. The molecular formula is H4AlO2P. The molecule has 0 saturated carbocycles. The first-order chi connectivity index (χ1) is 1.41. The minimum absolute atomic E-state index is 0. The second kappa shape index (κ2) is 9.58. The van der Waals surface area contributed by atoms with E-state index in [-0.39, 0.29) is 9.90 Å². The van der Waals surface area contributed by atoms with Crippen molar-refractivity contribution >= 4 is 25.4 Å². The summed E-state index contributed by atoms with van der Waals surface area (Å²) in [5.74, 6) is 0. The van der Waals surface area contributed by atoms with Crippen molar-refractivity contribution in [3.05, 3.63) is 0 Å². The molecule has 0 aliphatic carbocycles. The van der Waals surface area contributed by atoms with E-state index in [9.17, 15) is 0 Å². The third-order valence-electron chi connectivity index (χ3n) is 0. The van der Waals surface area contributed by atoms with E-state index in [2.05, 4.69) is 0 Å². The zero-order valence-corrected chi connectivity index (χ0v) is 4.71. The van der Waals surface area contributed by atoms with E-state index >= 15 is 0 Å². The Balaban J connectivity index is 0. The molecular weight excluding hydrogens is 90.0 g/mol. The van der Waals surface area contributed by atoms with Crippen LogP contribution in [0.2, 0.25) is 0 Å². The molecule has 1 unspecified atom stereocenters. The van der Waals surface area contributed by atoms with Crippen molar-refractivity contribution in [3.8, 4) is 0 Å². The Labute approximate surface area is 34.1 Å². The number of hydrogen-bond acceptors (Lipinski definition) is 1. The molecule has 0 saturated heterocycles. The zero-order valence-electron chi connectivity index (χ0n) is 2.14. The van der Waals surface area contributed by atoms with Gasteiger partial charge in [-0.05, 0) is 0 Å². The molecule has 0 radical (unpaired) electrons. The third kappa shape index (κ3) is 19.8. The summed E-state index contributed by atoms with van der Waals surface area (Å²) in [6.07, 6.45) is 0. The summed E-state index contributed by atoms with van der Waals surface area (Å²) in [5, 5.41) is 0. The first-order valence-electron chi connectivity index (χ1n) is 0.494. The van der Waals surface area contributed by atoms with Crippen molar-refractivity contribution in [2.45, 2.75) is 0 Å². The predicted molar refractivity (Wildman–Crippen MR) is 19.8 cm³/mol. The van der Waals surface area contributed by atoms with Gasteiger partial charge in [0.2, 0.25) is 0 Å². The predicted octanol–water partition coefficient (Wildman–Crippen LogP) is -0.999. The van der Waals surface area contributed by atoms with E-state index < -0.39 is 15.5 Å². The third-order valence-corrected chi connectivity index (χ3v) is 0. The van der Waals surface area contributed by atoms with Gasteiger partial charge in [-0.15, -0.1) is 0 Å². The number of rotatable bonds is 0. The van der Waals surface area contributed by atoms with Crippen molar-refractivity contribution < 1.29 is 7.96 Å². The summed E-state index contributed by atoms with van der Waals surface area (Å²) in [6.45, 7) is 0. The molecule has 1 N–H and O–H groups in total. The Bertz CT molecular complexity index is 13.5. The monoisotopic (exact) mass is 94.0 g/mol. The van der Waals surface area contributed by atoms with Crippen LogP contribution >= 0.6 is 9.90 Å². The van der Waals surface area contributed by atoms with Gasteiger partial charge in [0.15, 0.2) is 0 Å². The van der Waals surface area contributed by atoms with Crippen molar-refractivity contribution in [3.63, 3.8) is 0 Å². The average Bonchev–Trinajstić information content (AvgIpc) is 0.918. The van der Waals surface area contributed by atoms with E-state index in [1.165, 1.54) is 0 Å². The van der Waals surface area contributed by atoms with Crippen LogP contribution in [0.3, 0.4) is 0 Å². The van der Waals surface area contributed by atoms with Gasteiger partial charge in [0, 0.05) is 0 Å². The Morgan fingerprint density at radius 2 is 1.75 bits per heavy atom. The van der Waals surface area contributed by atoms with E-state index in [1.54, 1.807) is 0 Å². The van der Waals surface area contributed by atoms with Crippen LogP contribution in [0.15, 0.2) is 0 Å². The molecule has 0 aromatic heterocycles. The Kier molecular flexibility index (Phi) is 21.1. The van der Waals surface area contributed by atoms with Crippen LogP contribution in [0.1, 0.15) is 0 Å². The van der Waals surface area contributed by atoms with Crippen LogP contribution in [-0.2, 0) is 3.80 Å². The molecule has 4 heteroatoms. The van der Waals surface area contributed by atoms with Crippen molar-refractivity contribution in [1.29, 1.82) is 0 Å². The first-order valence-corrected chi connectivity index (χ1v) is 1.48. The van der Waals surface area contributed by atoms with Crippen LogP contribution in [0.4, 0.5) is 0 Å². The quantitative estimate of drug-likeness (QED) is 0.309. The molecule has 24 valence electrons. The molecule has 0 aliphatic heterocycles. The Morgan fingerprint density at radius 3 is 1.75 bits per heavy atom. The molecule has 0 aromatic carbocycles. The molecule has 0 bridgehead atoms. The summed E-state index contributed by atoms with van der Waals surface area (Å²) in [6, 6.07) is 0. The molecule has 0 amide bonds. The molecule has 2 nitrogen and oxygen atoms in total. The van der Waals surface area contributed by atoms with E-state index in [1.807, 2.05) is 0 Å². The molecule has 4 heavy (non-hydrogen) atoms. The summed E-state index contributed by atoms with van der Waals surface area (Å²) in [5.41, 5.74) is 0. The van der Waals surface area contributed by atoms with Gasteiger partial charge in [-0.1, -0.05) is 0 Å². The van der Waals surface area contributed by atoms with Gasteiger partial charge in [-0.3, -0.25) is 0 Å². The van der Waals surface area contributed by atoms with Crippen molar-refractivity contribution in [2.75, 3.05) is 0 Å². The molecule has 0 spiro atoms. The zero-order chi connectivity index (χ0) is 2.71. The van der Waals surface area contributed by atoms with Crippen LogP contribution in [0, 0.1) is 0 Å². The summed E-state index contributed by atoms with van der Waals surface area (Å²) in [4.78, 5) is 0. The van der Waals surface area contributed by atoms with Crippen LogP contribution in [0.5, 0.6) is 0 Å². The van der Waals surface area contributed by atoms with Crippen LogP contribution in [-0.4, -0.2) is 19.6 Å². The standard InChI is InChI=1S/Al.H2O.O.H3P/h;1H2;;1H3/q+1;;;/p-1. The first kappa shape index (κ1) is 8.82. The second-order valence-electron chi connectivity index (χ2n) is 0.105. The van der Waals surface area contributed by atoms with E-state index in [4.69, 9.17) is 7.96 Å². The maximum atomic E-state index is 8.57. The maximum absolute atomic E-state index is 8.57.